The molecule has 6 N–H and O–H groups in total. The maximum absolute atomic E-state index is 8.61. The van der Waals surface area contributed by atoms with Gasteiger partial charge in [0.15, 0.2) is 24.8 Å². The minimum Gasteiger partial charge on any atom is -0.759 e. The van der Waals surface area contributed by atoms with Crippen LogP contribution in [0.3, 0.4) is 0 Å². The summed E-state index contributed by atoms with van der Waals surface area (Å²) in [7, 11) is -5.17. The number of pyridine rings is 2. The molecule has 20 heavy (non-hydrogen) atoms. The lowest BCUT2D eigenvalue weighted by atomic mass is 10.5. The highest BCUT2D eigenvalue weighted by atomic mass is 32.3. The molecule has 2 rings (SSSR count). The number of aromatic hydroxyl groups is 2. The second-order valence-electron chi connectivity index (χ2n) is 2.92. The van der Waals surface area contributed by atoms with E-state index in [9.17, 15) is 0 Å². The van der Waals surface area contributed by atoms with Crippen molar-refractivity contribution in [2.24, 2.45) is 0 Å². The fourth-order valence-electron chi connectivity index (χ4n) is 0.756. The number of hydrogen-bond donors (Lipinski definition) is 2. The van der Waals surface area contributed by atoms with Crippen LogP contribution in [0.1, 0.15) is 0 Å². The molecule has 2 aromatic rings. The minimum absolute atomic E-state index is 0. The maximum atomic E-state index is 8.61. The first-order valence-electron chi connectivity index (χ1n) is 4.76. The molecule has 9 nitrogen and oxygen atoms in total. The van der Waals surface area contributed by atoms with Crippen LogP contribution >= 0.6 is 0 Å². The third-order valence-electron chi connectivity index (χ3n) is 1.40. The number of hydrogen-bond acceptors (Lipinski definition) is 6. The second-order valence-corrected chi connectivity index (χ2v) is 3.74. The van der Waals surface area contributed by atoms with Crippen molar-refractivity contribution in [3.8, 4) is 11.5 Å². The summed E-state index contributed by atoms with van der Waals surface area (Å²) < 4.78 is 34.1. The van der Waals surface area contributed by atoms with Crippen LogP contribution in [0.15, 0.2) is 49.1 Å². The predicted molar refractivity (Wildman–Crippen MR) is 63.4 cm³/mol. The molecular weight excluding hydrogens is 292 g/mol. The van der Waals surface area contributed by atoms with Crippen molar-refractivity contribution in [2.75, 3.05) is 0 Å². The van der Waals surface area contributed by atoms with E-state index in [1.165, 1.54) is 0 Å². The van der Waals surface area contributed by atoms with Gasteiger partial charge in [0.05, 0.1) is 0 Å². The highest BCUT2D eigenvalue weighted by Crippen LogP contribution is 1.99. The fourth-order valence-corrected chi connectivity index (χ4v) is 0.756. The molecule has 0 aliphatic carbocycles. The molecule has 0 spiro atoms. The highest BCUT2D eigenvalue weighted by molar-refractivity contribution is 7.79. The molecule has 0 aliphatic heterocycles. The summed E-state index contributed by atoms with van der Waals surface area (Å²) in [6.07, 6.45) is 6.65. The Morgan fingerprint density at radius 3 is 1.10 bits per heavy atom. The van der Waals surface area contributed by atoms with Crippen molar-refractivity contribution < 1.29 is 43.2 Å². The zero-order valence-corrected chi connectivity index (χ0v) is 10.9. The fraction of sp³-hybridized carbons (Fsp3) is 0. The van der Waals surface area contributed by atoms with Crippen molar-refractivity contribution in [3.63, 3.8) is 0 Å². The molecule has 112 valence electrons. The molecule has 0 radical (unpaired) electrons. The Kier molecular flexibility index (Phi) is 10.7. The van der Waals surface area contributed by atoms with Gasteiger partial charge in [-0.05, 0) is 0 Å². The normalized spacial score (nSPS) is 8.90. The first-order valence-corrected chi connectivity index (χ1v) is 6.09. The van der Waals surface area contributed by atoms with Crippen LogP contribution < -0.4 is 9.97 Å². The van der Waals surface area contributed by atoms with Crippen LogP contribution in [0.5, 0.6) is 11.5 Å². The van der Waals surface area contributed by atoms with Crippen LogP contribution in [0.4, 0.5) is 0 Å². The van der Waals surface area contributed by atoms with Crippen LogP contribution in [-0.4, -0.2) is 33.2 Å². The topological polar surface area (TPSA) is 180 Å². The molecule has 0 fully saturated rings. The molecule has 0 aliphatic rings. The van der Waals surface area contributed by atoms with E-state index in [1.807, 2.05) is 0 Å². The maximum Gasteiger partial charge on any atom is 0.170 e. The van der Waals surface area contributed by atoms with E-state index in [0.29, 0.717) is 11.5 Å². The molecule has 0 amide bonds. The lowest BCUT2D eigenvalue weighted by Gasteiger charge is -2.06. The summed E-state index contributed by atoms with van der Waals surface area (Å²) in [4.78, 5) is 5.55. The van der Waals surface area contributed by atoms with Gasteiger partial charge in [-0.15, -0.1) is 0 Å². The lowest BCUT2D eigenvalue weighted by Crippen LogP contribution is -1.94. The lowest BCUT2D eigenvalue weighted by molar-refractivity contribution is -0.378. The standard InChI is InChI=1S/2C5H5NO.H2O4S.H2O/c2*7-5-1-3-6-4-2-5;1-5(2,3)4;/h2*1-4H,(H,6,7);(H2,1,2,3,4);1H2. The molecule has 10 heteroatoms. The monoisotopic (exact) mass is 306 g/mol. The highest BCUT2D eigenvalue weighted by Gasteiger charge is 1.81. The average Bonchev–Trinajstić information content (AvgIpc) is 2.29. The number of aromatic nitrogens is 2. The second kappa shape index (κ2) is 10.6. The molecule has 0 unspecified atom stereocenters. The van der Waals surface area contributed by atoms with Gasteiger partial charge in [0.25, 0.3) is 0 Å². The van der Waals surface area contributed by atoms with E-state index in [-0.39, 0.29) is 5.48 Å². The summed E-state index contributed by atoms with van der Waals surface area (Å²) in [5, 5.41) is 17.2. The van der Waals surface area contributed by atoms with Gasteiger partial charge in [0.2, 0.25) is 0 Å². The van der Waals surface area contributed by atoms with Crippen LogP contribution in [0, 0.1) is 0 Å². The molecule has 0 saturated heterocycles. The van der Waals surface area contributed by atoms with Gasteiger partial charge in [-0.2, -0.15) is 0 Å². The van der Waals surface area contributed by atoms with Crippen molar-refractivity contribution in [1.29, 1.82) is 0 Å². The minimum atomic E-state index is -5.17. The Morgan fingerprint density at radius 2 is 1.00 bits per heavy atom. The number of rotatable bonds is 0. The van der Waals surface area contributed by atoms with E-state index in [2.05, 4.69) is 9.97 Å². The van der Waals surface area contributed by atoms with Crippen LogP contribution in [0.2, 0.25) is 0 Å². The summed E-state index contributed by atoms with van der Waals surface area (Å²) in [6, 6.07) is 6.33. The van der Waals surface area contributed by atoms with E-state index < -0.39 is 10.4 Å². The third kappa shape index (κ3) is 18.1. The van der Waals surface area contributed by atoms with Crippen LogP contribution in [-0.2, 0) is 10.4 Å². The number of nitrogens with one attached hydrogen (secondary N) is 2. The predicted octanol–water partition coefficient (Wildman–Crippen LogP) is -1.75. The molecule has 0 saturated carbocycles. The zero-order chi connectivity index (χ0) is 14.7. The molecule has 0 bridgehead atoms. The Balaban J connectivity index is 0. The van der Waals surface area contributed by atoms with Crippen molar-refractivity contribution >= 4 is 10.4 Å². The van der Waals surface area contributed by atoms with Crippen LogP contribution in [0.25, 0.3) is 0 Å². The molecule has 2 aromatic heterocycles. The Morgan fingerprint density at radius 1 is 0.800 bits per heavy atom. The molecule has 2 heterocycles. The van der Waals surface area contributed by atoms with Crippen molar-refractivity contribution in [1.82, 2.24) is 0 Å². The molecule has 0 atom stereocenters. The van der Waals surface area contributed by atoms with E-state index in [1.54, 1.807) is 49.1 Å². The summed E-state index contributed by atoms with van der Waals surface area (Å²) in [5.41, 5.74) is 0. The van der Waals surface area contributed by atoms with Crippen molar-refractivity contribution in [2.45, 2.75) is 0 Å². The summed E-state index contributed by atoms with van der Waals surface area (Å²) >= 11 is 0. The largest absolute Gasteiger partial charge is 0.759 e. The van der Waals surface area contributed by atoms with E-state index in [4.69, 9.17) is 27.7 Å². The van der Waals surface area contributed by atoms with Gasteiger partial charge in [-0.1, -0.05) is 0 Å². The average molecular weight is 306 g/mol. The summed E-state index contributed by atoms with van der Waals surface area (Å²) in [6.45, 7) is 0. The Hall–Kier alpha value is -2.27. The molecular formula is C10H14N2O7S. The van der Waals surface area contributed by atoms with E-state index in [0.717, 1.165) is 0 Å². The Bertz CT molecular complexity index is 503. The van der Waals surface area contributed by atoms with Gasteiger partial charge in [-0.3, -0.25) is 8.42 Å². The first-order chi connectivity index (χ1) is 8.79. The molecule has 0 aromatic carbocycles. The smallest absolute Gasteiger partial charge is 0.170 e. The summed E-state index contributed by atoms with van der Waals surface area (Å²) in [5.74, 6) is 0.581. The SMILES string of the molecule is O.O=S(=O)([O-])[O-].Oc1cc[nH+]cc1.Oc1cc[nH+]cc1. The quantitative estimate of drug-likeness (QED) is 0.429. The zero-order valence-electron chi connectivity index (χ0n) is 10.1. The van der Waals surface area contributed by atoms with Gasteiger partial charge < -0.3 is 24.8 Å². The van der Waals surface area contributed by atoms with Crippen molar-refractivity contribution in [3.05, 3.63) is 49.1 Å². The third-order valence-corrected chi connectivity index (χ3v) is 1.40. The first kappa shape index (κ1) is 20.1. The number of aromatic amines is 2. The van der Waals surface area contributed by atoms with Gasteiger partial charge in [0.1, 0.15) is 11.5 Å². The Labute approximate surface area is 115 Å². The van der Waals surface area contributed by atoms with Gasteiger partial charge in [-0.25, -0.2) is 9.97 Å². The van der Waals surface area contributed by atoms with Gasteiger partial charge in [0, 0.05) is 34.7 Å². The van der Waals surface area contributed by atoms with Gasteiger partial charge >= 0.3 is 0 Å². The van der Waals surface area contributed by atoms with E-state index >= 15 is 0 Å². The number of H-pyrrole nitrogens is 2.